The number of benzene rings is 2. The molecule has 4 N–H and O–H groups in total. The number of aliphatic hydroxyl groups is 1. The molecule has 0 spiro atoms. The van der Waals surface area contributed by atoms with Crippen molar-refractivity contribution < 1.29 is 27.8 Å². The summed E-state index contributed by atoms with van der Waals surface area (Å²) in [6, 6.07) is 12.9. The molecule has 0 aromatic heterocycles. The predicted octanol–water partition coefficient (Wildman–Crippen LogP) is 2.86. The third-order valence-electron chi connectivity index (χ3n) is 3.97. The van der Waals surface area contributed by atoms with Crippen molar-refractivity contribution in [1.82, 2.24) is 5.32 Å². The lowest BCUT2D eigenvalue weighted by Crippen LogP contribution is -2.51. The third kappa shape index (κ3) is 6.40. The maximum Gasteiger partial charge on any atom is 0.416 e. The molecule has 0 heterocycles. The van der Waals surface area contributed by atoms with Crippen LogP contribution < -0.4 is 15.8 Å². The number of carbonyl (C=O) groups is 1. The molecule has 0 fully saturated rings. The molecule has 2 atom stereocenters. The van der Waals surface area contributed by atoms with Crippen molar-refractivity contribution in [2.75, 3.05) is 13.2 Å². The lowest BCUT2D eigenvalue weighted by molar-refractivity contribution is -0.137. The van der Waals surface area contributed by atoms with E-state index in [0.717, 1.165) is 12.1 Å². The van der Waals surface area contributed by atoms with Gasteiger partial charge in [-0.1, -0.05) is 30.3 Å². The van der Waals surface area contributed by atoms with E-state index in [9.17, 15) is 23.1 Å². The maximum absolute atomic E-state index is 12.5. The molecule has 1 amide bonds. The molecule has 0 saturated carbocycles. The smallest absolute Gasteiger partial charge is 0.416 e. The summed E-state index contributed by atoms with van der Waals surface area (Å²) >= 11 is 0. The second kappa shape index (κ2) is 9.77. The van der Waals surface area contributed by atoms with Gasteiger partial charge in [-0.2, -0.15) is 13.2 Å². The first-order valence-electron chi connectivity index (χ1n) is 8.21. The van der Waals surface area contributed by atoms with Gasteiger partial charge in [-0.3, -0.25) is 4.79 Å². The van der Waals surface area contributed by atoms with Gasteiger partial charge in [0.25, 0.3) is 0 Å². The zero-order valence-corrected chi connectivity index (χ0v) is 15.9. The fourth-order valence-electron chi connectivity index (χ4n) is 2.30. The van der Waals surface area contributed by atoms with Crippen molar-refractivity contribution in [3.05, 3.63) is 65.7 Å². The zero-order valence-electron chi connectivity index (χ0n) is 15.1. The molecule has 0 radical (unpaired) electrons. The summed E-state index contributed by atoms with van der Waals surface area (Å²) in [5, 5.41) is 12.5. The van der Waals surface area contributed by atoms with Crippen LogP contribution in [0.25, 0.3) is 0 Å². The predicted molar refractivity (Wildman–Crippen MR) is 101 cm³/mol. The SMILES string of the molecule is CC(N)(C(=O)NCC(O)COc1ccc(C(F)(F)F)cc1)c1ccccc1.Cl. The Morgan fingerprint density at radius 2 is 1.68 bits per heavy atom. The fourth-order valence-corrected chi connectivity index (χ4v) is 2.30. The van der Waals surface area contributed by atoms with Gasteiger partial charge in [-0.15, -0.1) is 12.4 Å². The van der Waals surface area contributed by atoms with Crippen LogP contribution in [0.5, 0.6) is 5.75 Å². The van der Waals surface area contributed by atoms with Crippen molar-refractivity contribution in [1.29, 1.82) is 0 Å². The molecule has 9 heteroatoms. The highest BCUT2D eigenvalue weighted by molar-refractivity contribution is 5.87. The highest BCUT2D eigenvalue weighted by Gasteiger charge is 2.31. The van der Waals surface area contributed by atoms with E-state index in [1.54, 1.807) is 37.3 Å². The summed E-state index contributed by atoms with van der Waals surface area (Å²) in [7, 11) is 0. The second-order valence-corrected chi connectivity index (χ2v) is 6.27. The van der Waals surface area contributed by atoms with E-state index >= 15 is 0 Å². The van der Waals surface area contributed by atoms with Crippen LogP contribution in [0, 0.1) is 0 Å². The maximum atomic E-state index is 12.5. The Balaban J connectivity index is 0.00000392. The Kier molecular flexibility index (Phi) is 8.29. The number of alkyl halides is 3. The summed E-state index contributed by atoms with van der Waals surface area (Å²) in [6.45, 7) is 1.25. The van der Waals surface area contributed by atoms with Crippen molar-refractivity contribution in [3.63, 3.8) is 0 Å². The van der Waals surface area contributed by atoms with Gasteiger partial charge in [0.05, 0.1) is 5.56 Å². The highest BCUT2D eigenvalue weighted by atomic mass is 35.5. The Morgan fingerprint density at radius 1 is 1.11 bits per heavy atom. The van der Waals surface area contributed by atoms with Gasteiger partial charge >= 0.3 is 6.18 Å². The number of nitrogens with two attached hydrogens (primary N) is 1. The molecule has 0 bridgehead atoms. The molecule has 0 aliphatic heterocycles. The molecule has 0 aliphatic rings. The highest BCUT2D eigenvalue weighted by Crippen LogP contribution is 2.30. The first-order chi connectivity index (χ1) is 12.6. The molecular formula is C19H22ClF3N2O3. The van der Waals surface area contributed by atoms with Crippen molar-refractivity contribution in [3.8, 4) is 5.75 Å². The molecular weight excluding hydrogens is 397 g/mol. The Morgan fingerprint density at radius 3 is 2.21 bits per heavy atom. The number of carbonyl (C=O) groups excluding carboxylic acids is 1. The number of nitrogens with one attached hydrogen (secondary N) is 1. The largest absolute Gasteiger partial charge is 0.491 e. The standard InChI is InChI=1S/C19H21F3N2O3.ClH/c1-18(23,13-5-3-2-4-6-13)17(26)24-11-15(25)12-27-16-9-7-14(8-10-16)19(20,21)22;/h2-10,15,25H,11-12,23H2,1H3,(H,24,26);1H. The lowest BCUT2D eigenvalue weighted by Gasteiger charge is -2.25. The van der Waals surface area contributed by atoms with Crippen LogP contribution in [0.2, 0.25) is 0 Å². The van der Waals surface area contributed by atoms with E-state index < -0.39 is 29.3 Å². The quantitative estimate of drug-likeness (QED) is 0.645. The lowest BCUT2D eigenvalue weighted by atomic mass is 9.92. The van der Waals surface area contributed by atoms with E-state index in [2.05, 4.69) is 5.32 Å². The first-order valence-corrected chi connectivity index (χ1v) is 8.21. The van der Waals surface area contributed by atoms with Gasteiger partial charge < -0.3 is 20.9 Å². The number of aliphatic hydroxyl groups excluding tert-OH is 1. The molecule has 2 unspecified atom stereocenters. The average Bonchev–Trinajstić information content (AvgIpc) is 2.64. The fraction of sp³-hybridized carbons (Fsp3) is 0.316. The van der Waals surface area contributed by atoms with Gasteiger partial charge in [-0.25, -0.2) is 0 Å². The number of halogens is 4. The van der Waals surface area contributed by atoms with E-state index in [1.165, 1.54) is 12.1 Å². The van der Waals surface area contributed by atoms with Gasteiger partial charge in [0.15, 0.2) is 0 Å². The van der Waals surface area contributed by atoms with Crippen LogP contribution in [0.1, 0.15) is 18.1 Å². The molecule has 2 rings (SSSR count). The zero-order chi connectivity index (χ0) is 20.1. The summed E-state index contributed by atoms with van der Waals surface area (Å²) in [5.74, 6) is -0.288. The van der Waals surface area contributed by atoms with Crippen LogP contribution >= 0.6 is 12.4 Å². The summed E-state index contributed by atoms with van der Waals surface area (Å²) in [6.07, 6.45) is -5.47. The Labute approximate surface area is 167 Å². The minimum Gasteiger partial charge on any atom is -0.491 e. The van der Waals surface area contributed by atoms with E-state index in [1.807, 2.05) is 0 Å². The molecule has 2 aromatic carbocycles. The van der Waals surface area contributed by atoms with Crippen LogP contribution in [-0.2, 0) is 16.5 Å². The van der Waals surface area contributed by atoms with Crippen LogP contribution in [0.3, 0.4) is 0 Å². The molecule has 0 saturated heterocycles. The molecule has 2 aromatic rings. The number of rotatable bonds is 7. The number of hydrogen-bond acceptors (Lipinski definition) is 4. The van der Waals surface area contributed by atoms with Crippen LogP contribution in [0.4, 0.5) is 13.2 Å². The topological polar surface area (TPSA) is 84.6 Å². The molecule has 0 aliphatic carbocycles. The Bertz CT molecular complexity index is 753. The normalized spacial score (nSPS) is 14.4. The van der Waals surface area contributed by atoms with Gasteiger partial charge in [0.2, 0.25) is 5.91 Å². The number of amides is 1. The molecule has 28 heavy (non-hydrogen) atoms. The summed E-state index contributed by atoms with van der Waals surface area (Å²) in [5.41, 5.74) is 4.63. The first kappa shape index (κ1) is 23.7. The second-order valence-electron chi connectivity index (χ2n) is 6.27. The molecule has 154 valence electrons. The summed E-state index contributed by atoms with van der Waals surface area (Å²) in [4.78, 5) is 12.3. The monoisotopic (exact) mass is 418 g/mol. The van der Waals surface area contributed by atoms with Gasteiger partial charge in [0, 0.05) is 6.54 Å². The third-order valence-corrected chi connectivity index (χ3v) is 3.97. The molecule has 5 nitrogen and oxygen atoms in total. The minimum absolute atomic E-state index is 0. The van der Waals surface area contributed by atoms with Crippen molar-refractivity contribution >= 4 is 18.3 Å². The van der Waals surface area contributed by atoms with E-state index in [0.29, 0.717) is 5.56 Å². The van der Waals surface area contributed by atoms with Crippen LogP contribution in [0.15, 0.2) is 54.6 Å². The number of ether oxygens (including phenoxy) is 1. The Hall–Kier alpha value is -2.29. The summed E-state index contributed by atoms with van der Waals surface area (Å²) < 4.78 is 42.7. The number of hydrogen-bond donors (Lipinski definition) is 3. The van der Waals surface area contributed by atoms with Crippen molar-refractivity contribution in [2.45, 2.75) is 24.7 Å². The average molecular weight is 419 g/mol. The van der Waals surface area contributed by atoms with E-state index in [4.69, 9.17) is 10.5 Å². The van der Waals surface area contributed by atoms with Gasteiger partial charge in [-0.05, 0) is 36.8 Å². The van der Waals surface area contributed by atoms with Crippen LogP contribution in [-0.4, -0.2) is 30.3 Å². The minimum atomic E-state index is -4.42. The van der Waals surface area contributed by atoms with E-state index in [-0.39, 0.29) is 31.3 Å². The van der Waals surface area contributed by atoms with Crippen molar-refractivity contribution in [2.24, 2.45) is 5.73 Å². The van der Waals surface area contributed by atoms with Gasteiger partial charge in [0.1, 0.15) is 24.0 Å².